The van der Waals surface area contributed by atoms with E-state index in [1.165, 1.54) is 11.4 Å². The van der Waals surface area contributed by atoms with E-state index < -0.39 is 37.3 Å². The summed E-state index contributed by atoms with van der Waals surface area (Å²) in [4.78, 5) is 4.63. The molecule has 1 aromatic rings. The molecule has 0 N–H and O–H groups in total. The van der Waals surface area contributed by atoms with Crippen LogP contribution < -0.4 is 13.4 Å². The summed E-state index contributed by atoms with van der Waals surface area (Å²) in [5.74, 6) is 0. The topological polar surface area (TPSA) is 6.48 Å². The van der Waals surface area contributed by atoms with Crippen LogP contribution in [0.5, 0.6) is 0 Å². The van der Waals surface area contributed by atoms with E-state index in [0.29, 0.717) is 0 Å². The normalized spacial score (nSPS) is 12.7. The van der Waals surface area contributed by atoms with E-state index in [0.717, 1.165) is 3.18 Å². The minimum absolute atomic E-state index is 0.654. The van der Waals surface area contributed by atoms with E-state index in [1.54, 1.807) is 3.58 Å². The van der Waals surface area contributed by atoms with Crippen molar-refractivity contribution >= 4 is 52.2 Å². The van der Waals surface area contributed by atoms with Gasteiger partial charge in [-0.05, 0) is 0 Å². The summed E-state index contributed by atoms with van der Waals surface area (Å²) in [5, 5.41) is 0. The molecule has 0 unspecified atom stereocenters. The van der Waals surface area contributed by atoms with Crippen LogP contribution in [0.15, 0.2) is 18.2 Å². The molecule has 2 radical (unpaired) electrons. The second-order valence-corrected chi connectivity index (χ2v) is 27.2. The molecule has 0 aliphatic rings. The van der Waals surface area contributed by atoms with Gasteiger partial charge in [0, 0.05) is 0 Å². The Kier molecular flexibility index (Phi) is 6.67. The number of anilines is 2. The predicted molar refractivity (Wildman–Crippen MR) is 111 cm³/mol. The fraction of sp³-hybridized carbons (Fsp3) is 0.647. The van der Waals surface area contributed by atoms with Crippen molar-refractivity contribution in [1.29, 1.82) is 0 Å². The van der Waals surface area contributed by atoms with Gasteiger partial charge in [0.2, 0.25) is 0 Å². The van der Waals surface area contributed by atoms with Gasteiger partial charge in [0.15, 0.2) is 0 Å². The number of benzene rings is 1. The third kappa shape index (κ3) is 5.03. The summed E-state index contributed by atoms with van der Waals surface area (Å²) >= 11 is -0.654. The fourth-order valence-electron chi connectivity index (χ4n) is 3.30. The van der Waals surface area contributed by atoms with Crippen molar-refractivity contribution in [2.24, 2.45) is 0 Å². The zero-order chi connectivity index (χ0) is 17.3. The Morgan fingerprint density at radius 3 is 1.41 bits per heavy atom. The van der Waals surface area contributed by atoms with Gasteiger partial charge in [-0.25, -0.2) is 0 Å². The maximum atomic E-state index is 2.59. The molecule has 0 aliphatic carbocycles. The number of hydrogen-bond acceptors (Lipinski definition) is 2. The van der Waals surface area contributed by atoms with Crippen molar-refractivity contribution in [3.8, 4) is 0 Å². The molecule has 5 heteroatoms. The fourth-order valence-corrected chi connectivity index (χ4v) is 27.3. The van der Waals surface area contributed by atoms with Gasteiger partial charge in [-0.15, -0.1) is 0 Å². The first kappa shape index (κ1) is 20.1. The molecule has 0 saturated heterocycles. The standard InChI is InChI=1S/C10H15N2.C7H19Si2.Sn/c1-11(2)9-6-5-7-10(8-9)12(3)4;1-8(2,3)7-9(4,5)6;/h5-7H,1-4H3;7H,1-6H3;. The van der Waals surface area contributed by atoms with Crippen LogP contribution in [0, 0.1) is 0 Å². The van der Waals surface area contributed by atoms with Gasteiger partial charge in [0.1, 0.15) is 0 Å². The molecule has 0 amide bonds. The SMILES string of the molecule is CN(C)c1cccc(N(C)C)[c]1[Sn][CH]([Si](C)(C)C)[Si](C)(C)C. The molecule has 0 spiro atoms. The molecule has 1 rings (SSSR count). The number of rotatable bonds is 6. The molecule has 0 heterocycles. The summed E-state index contributed by atoms with van der Waals surface area (Å²) < 4.78 is 2.76. The summed E-state index contributed by atoms with van der Waals surface area (Å²) in [7, 11) is 6.52. The van der Waals surface area contributed by atoms with Crippen molar-refractivity contribution in [3.63, 3.8) is 0 Å². The molecule has 22 heavy (non-hydrogen) atoms. The van der Waals surface area contributed by atoms with Gasteiger partial charge in [0.05, 0.1) is 0 Å². The first-order valence-electron chi connectivity index (χ1n) is 8.10. The molecule has 0 atom stereocenters. The van der Waals surface area contributed by atoms with E-state index in [4.69, 9.17) is 0 Å². The summed E-state index contributed by atoms with van der Waals surface area (Å²) in [5.41, 5.74) is 2.92. The average molecular weight is 441 g/mol. The van der Waals surface area contributed by atoms with E-state index in [-0.39, 0.29) is 0 Å². The van der Waals surface area contributed by atoms with Crippen molar-refractivity contribution < 1.29 is 0 Å². The molecular weight excluding hydrogens is 407 g/mol. The third-order valence-electron chi connectivity index (χ3n) is 4.00. The maximum absolute atomic E-state index is 2.59. The summed E-state index contributed by atoms with van der Waals surface area (Å²) in [6.07, 6.45) is 0. The van der Waals surface area contributed by atoms with E-state index in [1.807, 2.05) is 0 Å². The third-order valence-corrected chi connectivity index (χ3v) is 32.5. The Labute approximate surface area is 150 Å². The molecule has 124 valence electrons. The second kappa shape index (κ2) is 7.30. The van der Waals surface area contributed by atoms with Crippen LogP contribution in [0.1, 0.15) is 0 Å². The monoisotopic (exact) mass is 442 g/mol. The molecule has 2 nitrogen and oxygen atoms in total. The number of nitrogens with zero attached hydrogens (tertiary/aromatic N) is 2. The van der Waals surface area contributed by atoms with Crippen LogP contribution in [0.4, 0.5) is 11.4 Å². The predicted octanol–water partition coefficient (Wildman–Crippen LogP) is 3.69. The van der Waals surface area contributed by atoms with Gasteiger partial charge in [-0.2, -0.15) is 0 Å². The summed E-state index contributed by atoms with van der Waals surface area (Å²) in [6.45, 7) is 15.5. The Hall–Kier alpha value is 0.0525. The molecular formula is C17H34N2Si2Sn. The zero-order valence-corrected chi connectivity index (χ0v) is 21.1. The van der Waals surface area contributed by atoms with E-state index >= 15 is 0 Å². The Balaban J connectivity index is 3.41. The van der Waals surface area contributed by atoms with Crippen LogP contribution in [-0.4, -0.2) is 65.5 Å². The molecule has 0 bridgehead atoms. The Morgan fingerprint density at radius 1 is 0.773 bits per heavy atom. The molecule has 0 fully saturated rings. The van der Waals surface area contributed by atoms with Gasteiger partial charge < -0.3 is 0 Å². The van der Waals surface area contributed by atoms with Crippen LogP contribution in [-0.2, 0) is 0 Å². The molecule has 1 aromatic carbocycles. The quantitative estimate of drug-likeness (QED) is 0.622. The van der Waals surface area contributed by atoms with Gasteiger partial charge in [-0.3, -0.25) is 0 Å². The van der Waals surface area contributed by atoms with E-state index in [9.17, 15) is 0 Å². The minimum atomic E-state index is -1.12. The van der Waals surface area contributed by atoms with Crippen molar-refractivity contribution in [2.45, 2.75) is 42.5 Å². The van der Waals surface area contributed by atoms with Crippen LogP contribution in [0.3, 0.4) is 0 Å². The molecule has 0 aliphatic heterocycles. The van der Waals surface area contributed by atoms with Crippen molar-refractivity contribution in [3.05, 3.63) is 18.2 Å². The van der Waals surface area contributed by atoms with Gasteiger partial charge >= 0.3 is 151 Å². The van der Waals surface area contributed by atoms with Gasteiger partial charge in [-0.1, -0.05) is 0 Å². The Morgan fingerprint density at radius 2 is 1.14 bits per heavy atom. The average Bonchev–Trinajstić information content (AvgIpc) is 2.32. The second-order valence-electron chi connectivity index (χ2n) is 8.77. The summed E-state index contributed by atoms with van der Waals surface area (Å²) in [6, 6.07) is 6.84. The van der Waals surface area contributed by atoms with Crippen LogP contribution in [0.25, 0.3) is 0 Å². The van der Waals surface area contributed by atoms with Crippen molar-refractivity contribution in [1.82, 2.24) is 0 Å². The van der Waals surface area contributed by atoms with Crippen LogP contribution >= 0.6 is 0 Å². The first-order chi connectivity index (χ1) is 9.85. The van der Waals surface area contributed by atoms with Crippen LogP contribution in [0.2, 0.25) is 42.5 Å². The van der Waals surface area contributed by atoms with Crippen molar-refractivity contribution in [2.75, 3.05) is 38.0 Å². The molecule has 0 aromatic heterocycles. The number of hydrogen-bond donors (Lipinski definition) is 0. The zero-order valence-electron chi connectivity index (χ0n) is 16.2. The molecule has 0 saturated carbocycles. The Bertz CT molecular complexity index is 462. The van der Waals surface area contributed by atoms with Gasteiger partial charge in [0.25, 0.3) is 0 Å². The first-order valence-corrected chi connectivity index (χ1v) is 18.3. The van der Waals surface area contributed by atoms with E-state index in [2.05, 4.69) is 95.5 Å².